The summed E-state index contributed by atoms with van der Waals surface area (Å²) in [5.41, 5.74) is 5.68. The van der Waals surface area contributed by atoms with Gasteiger partial charge in [-0.25, -0.2) is 0 Å². The van der Waals surface area contributed by atoms with Crippen molar-refractivity contribution in [3.8, 4) is 5.75 Å². The molecular formula is C22H31NO14. The molecule has 0 bridgehead atoms. The third kappa shape index (κ3) is 6.24. The highest BCUT2D eigenvalue weighted by Crippen LogP contribution is 2.32. The number of carboxylic acid groups (broad SMARTS) is 1. The zero-order valence-electron chi connectivity index (χ0n) is 19.3. The lowest BCUT2D eigenvalue weighted by molar-refractivity contribution is -0.323. The molecule has 2 fully saturated rings. The largest absolute Gasteiger partial charge is 0.480 e. The number of hydrogen-bond acceptors (Lipinski definition) is 14. The second-order valence-electron chi connectivity index (χ2n) is 8.73. The number of aliphatic hydroxyl groups excluding tert-OH is 7. The van der Waals surface area contributed by atoms with Crippen molar-refractivity contribution in [1.82, 2.24) is 0 Å². The van der Waals surface area contributed by atoms with Crippen molar-refractivity contribution in [2.45, 2.75) is 73.4 Å². The van der Waals surface area contributed by atoms with Crippen molar-refractivity contribution in [1.29, 1.82) is 0 Å². The van der Waals surface area contributed by atoms with E-state index >= 15 is 0 Å². The number of ether oxygens (including phenoxy) is 4. The van der Waals surface area contributed by atoms with E-state index < -0.39 is 92.6 Å². The minimum Gasteiger partial charge on any atom is -0.480 e. The molecule has 1 aromatic rings. The van der Waals surface area contributed by atoms with Gasteiger partial charge in [-0.3, -0.25) is 4.79 Å². The monoisotopic (exact) mass is 533 g/mol. The number of aliphatic carboxylic acids is 1. The van der Waals surface area contributed by atoms with Crippen LogP contribution in [0.4, 0.5) is 0 Å². The summed E-state index contributed by atoms with van der Waals surface area (Å²) in [6.07, 6.45) is -15.9. The highest BCUT2D eigenvalue weighted by molar-refractivity contribution is 5.81. The number of aldehydes is 1. The number of hydrogen-bond donors (Lipinski definition) is 9. The summed E-state index contributed by atoms with van der Waals surface area (Å²) < 4.78 is 21.8. The maximum atomic E-state index is 11.6. The van der Waals surface area contributed by atoms with Gasteiger partial charge in [0.05, 0.1) is 19.1 Å². The van der Waals surface area contributed by atoms with E-state index in [9.17, 15) is 50.4 Å². The molecule has 208 valence electrons. The number of nitrogens with two attached hydrogens (primary N) is 1. The molecular weight excluding hydrogens is 502 g/mol. The van der Waals surface area contributed by atoms with Gasteiger partial charge in [-0.05, 0) is 6.07 Å². The van der Waals surface area contributed by atoms with Gasteiger partial charge in [0.2, 0.25) is 6.29 Å². The van der Waals surface area contributed by atoms with E-state index in [1.807, 2.05) is 0 Å². The lowest BCUT2D eigenvalue weighted by atomic mass is 9.92. The molecule has 2 aliphatic rings. The number of carboxylic acids is 1. The fraction of sp³-hybridized carbons (Fsp3) is 0.636. The standard InChI is InChI=1S/C22H31NO14/c23-13(20(32)33)9(5-24)8-3-1-2-4-10(8)35-22-19(31)17(29)15(27)12(37-22)7-34-21-18(30)16(28)14(26)11(6-25)36-21/h1-5,9,11-19,21-22,25-31H,6-7,23H2,(H,32,33)/t9?,11-,12-,13?,14-,15-,16+,17+,18-,19-,21-,22-/m0/s1. The van der Waals surface area contributed by atoms with Crippen molar-refractivity contribution in [2.75, 3.05) is 13.2 Å². The number of rotatable bonds is 10. The summed E-state index contributed by atoms with van der Waals surface area (Å²) in [5.74, 6) is -2.85. The Morgan fingerprint density at radius 1 is 0.919 bits per heavy atom. The average molecular weight is 533 g/mol. The first-order chi connectivity index (χ1) is 17.5. The molecule has 0 aliphatic carbocycles. The van der Waals surface area contributed by atoms with Crippen molar-refractivity contribution in [2.24, 2.45) is 5.73 Å². The first kappa shape index (κ1) is 29.3. The third-order valence-corrected chi connectivity index (χ3v) is 6.28. The quantitative estimate of drug-likeness (QED) is 0.128. The van der Waals surface area contributed by atoms with Crippen molar-refractivity contribution >= 4 is 12.3 Å². The van der Waals surface area contributed by atoms with Crippen LogP contribution in [0.2, 0.25) is 0 Å². The maximum absolute atomic E-state index is 11.6. The van der Waals surface area contributed by atoms with Gasteiger partial charge < -0.3 is 70.3 Å². The molecule has 2 unspecified atom stereocenters. The number of aliphatic hydroxyl groups is 7. The number of carbonyl (C=O) groups excluding carboxylic acids is 1. The topological polar surface area (TPSA) is 259 Å². The van der Waals surface area contributed by atoms with Crippen LogP contribution in [0.1, 0.15) is 11.5 Å². The molecule has 12 atom stereocenters. The summed E-state index contributed by atoms with van der Waals surface area (Å²) in [7, 11) is 0. The van der Waals surface area contributed by atoms with E-state index in [4.69, 9.17) is 24.7 Å². The number of carbonyl (C=O) groups is 2. The molecule has 0 radical (unpaired) electrons. The van der Waals surface area contributed by atoms with Gasteiger partial charge in [0.1, 0.15) is 66.9 Å². The van der Waals surface area contributed by atoms with E-state index in [-0.39, 0.29) is 11.3 Å². The number of benzene rings is 1. The molecule has 15 nitrogen and oxygen atoms in total. The normalized spacial score (nSPS) is 37.9. The first-order valence-electron chi connectivity index (χ1n) is 11.3. The molecule has 0 amide bonds. The van der Waals surface area contributed by atoms with Gasteiger partial charge in [0.25, 0.3) is 0 Å². The molecule has 15 heteroatoms. The zero-order valence-corrected chi connectivity index (χ0v) is 19.3. The van der Waals surface area contributed by atoms with Crippen molar-refractivity contribution in [3.63, 3.8) is 0 Å². The second kappa shape index (κ2) is 12.5. The van der Waals surface area contributed by atoms with Crippen molar-refractivity contribution < 1.29 is 69.4 Å². The molecule has 0 spiro atoms. The predicted octanol–water partition coefficient (Wildman–Crippen LogP) is -4.62. The molecule has 0 aromatic heterocycles. The summed E-state index contributed by atoms with van der Waals surface area (Å²) in [5, 5.41) is 79.5. The summed E-state index contributed by atoms with van der Waals surface area (Å²) >= 11 is 0. The lowest BCUT2D eigenvalue weighted by Gasteiger charge is -2.42. The van der Waals surface area contributed by atoms with Gasteiger partial charge in [0, 0.05) is 5.56 Å². The minimum atomic E-state index is -1.81. The summed E-state index contributed by atoms with van der Waals surface area (Å²) in [4.78, 5) is 22.9. The number of para-hydroxylation sites is 1. The smallest absolute Gasteiger partial charge is 0.321 e. The molecule has 1 aromatic carbocycles. The molecule has 0 saturated carbocycles. The maximum Gasteiger partial charge on any atom is 0.321 e. The molecule has 37 heavy (non-hydrogen) atoms. The Morgan fingerprint density at radius 2 is 1.49 bits per heavy atom. The van der Waals surface area contributed by atoms with Crippen LogP contribution >= 0.6 is 0 Å². The summed E-state index contributed by atoms with van der Waals surface area (Å²) in [6, 6.07) is 4.13. The highest BCUT2D eigenvalue weighted by Gasteiger charge is 2.48. The third-order valence-electron chi connectivity index (χ3n) is 6.28. The Labute approximate surface area is 210 Å². The fourth-order valence-corrected chi connectivity index (χ4v) is 4.04. The average Bonchev–Trinajstić information content (AvgIpc) is 2.89. The Bertz CT molecular complexity index is 917. The molecule has 2 saturated heterocycles. The lowest BCUT2D eigenvalue weighted by Crippen LogP contribution is -2.62. The minimum absolute atomic E-state index is 0.0675. The van der Waals surface area contributed by atoms with Crippen LogP contribution < -0.4 is 10.5 Å². The Morgan fingerprint density at radius 3 is 2.08 bits per heavy atom. The van der Waals surface area contributed by atoms with E-state index in [0.717, 1.165) is 0 Å². The Balaban J connectivity index is 1.75. The zero-order chi connectivity index (χ0) is 27.4. The highest BCUT2D eigenvalue weighted by atomic mass is 16.7. The van der Waals surface area contributed by atoms with Gasteiger partial charge in [-0.15, -0.1) is 0 Å². The van der Waals surface area contributed by atoms with Crippen LogP contribution in [0.3, 0.4) is 0 Å². The SMILES string of the molecule is NC(C(=O)O)C(C=O)c1ccccc1O[C@H]1O[C@@H](CO[C@H]2O[C@@H](CO)[C@H](O)[C@@H](O)[C@@H]2O)[C@H](O)[C@@H](O)[C@@H]1O. The Kier molecular flexibility index (Phi) is 9.90. The molecule has 2 aliphatic heterocycles. The fourth-order valence-electron chi connectivity index (χ4n) is 4.04. The van der Waals surface area contributed by atoms with Crippen LogP contribution in [0, 0.1) is 0 Å². The van der Waals surface area contributed by atoms with Gasteiger partial charge >= 0.3 is 5.97 Å². The van der Waals surface area contributed by atoms with E-state index in [1.54, 1.807) is 0 Å². The van der Waals surface area contributed by atoms with Gasteiger partial charge in [-0.2, -0.15) is 0 Å². The second-order valence-corrected chi connectivity index (χ2v) is 8.73. The van der Waals surface area contributed by atoms with E-state index in [1.165, 1.54) is 24.3 Å². The van der Waals surface area contributed by atoms with E-state index in [0.29, 0.717) is 6.29 Å². The summed E-state index contributed by atoms with van der Waals surface area (Å²) in [6.45, 7) is -1.27. The molecule has 2 heterocycles. The molecule has 3 rings (SSSR count). The van der Waals surface area contributed by atoms with Crippen LogP contribution in [-0.2, 0) is 23.8 Å². The predicted molar refractivity (Wildman–Crippen MR) is 118 cm³/mol. The van der Waals surface area contributed by atoms with Gasteiger partial charge in [0.15, 0.2) is 6.29 Å². The van der Waals surface area contributed by atoms with E-state index in [2.05, 4.69) is 0 Å². The molecule has 10 N–H and O–H groups in total. The first-order valence-corrected chi connectivity index (χ1v) is 11.3. The van der Waals surface area contributed by atoms with Crippen molar-refractivity contribution in [3.05, 3.63) is 29.8 Å². The van der Waals surface area contributed by atoms with Gasteiger partial charge in [-0.1, -0.05) is 18.2 Å². The van der Waals surface area contributed by atoms with Crippen LogP contribution in [-0.4, -0.2) is 134 Å². The van der Waals surface area contributed by atoms with Crippen LogP contribution in [0.5, 0.6) is 5.75 Å². The van der Waals surface area contributed by atoms with Crippen LogP contribution in [0.15, 0.2) is 24.3 Å². The Hall–Kier alpha value is -2.28. The van der Waals surface area contributed by atoms with Crippen LogP contribution in [0.25, 0.3) is 0 Å².